The standard InChI is InChI=1S/C10H15NO5S/c1-6(8(13)15-16-10(2,3)4)11-7(12)5-17-9(11)14/h6H,5H2,1-4H3. The third-order valence-electron chi connectivity index (χ3n) is 1.89. The second-order valence-electron chi connectivity index (χ2n) is 4.59. The highest BCUT2D eigenvalue weighted by Crippen LogP contribution is 2.22. The lowest BCUT2D eigenvalue weighted by Gasteiger charge is -2.22. The molecule has 1 saturated heterocycles. The lowest BCUT2D eigenvalue weighted by Crippen LogP contribution is -2.43. The molecule has 1 atom stereocenters. The van der Waals surface area contributed by atoms with Crippen LogP contribution in [0.15, 0.2) is 0 Å². The lowest BCUT2D eigenvalue weighted by atomic mass is 10.2. The maximum Gasteiger partial charge on any atom is 0.364 e. The number of hydrogen-bond donors (Lipinski definition) is 0. The summed E-state index contributed by atoms with van der Waals surface area (Å²) in [6, 6.07) is -0.965. The quantitative estimate of drug-likeness (QED) is 0.564. The van der Waals surface area contributed by atoms with E-state index in [1.807, 2.05) is 0 Å². The van der Waals surface area contributed by atoms with Crippen LogP contribution in [0.4, 0.5) is 4.79 Å². The maximum atomic E-state index is 11.6. The van der Waals surface area contributed by atoms with Gasteiger partial charge >= 0.3 is 5.97 Å². The van der Waals surface area contributed by atoms with E-state index in [4.69, 9.17) is 4.89 Å². The maximum absolute atomic E-state index is 11.6. The van der Waals surface area contributed by atoms with E-state index in [0.717, 1.165) is 16.7 Å². The summed E-state index contributed by atoms with van der Waals surface area (Å²) < 4.78 is 0. The van der Waals surface area contributed by atoms with Crippen molar-refractivity contribution in [3.8, 4) is 0 Å². The molecule has 0 aromatic carbocycles. The monoisotopic (exact) mass is 261 g/mol. The van der Waals surface area contributed by atoms with Gasteiger partial charge in [-0.25, -0.2) is 4.79 Å². The Labute approximate surface area is 104 Å². The molecule has 1 aliphatic rings. The van der Waals surface area contributed by atoms with E-state index in [1.165, 1.54) is 6.92 Å². The average molecular weight is 261 g/mol. The molecule has 1 rings (SSSR count). The van der Waals surface area contributed by atoms with Crippen LogP contribution in [0.2, 0.25) is 0 Å². The van der Waals surface area contributed by atoms with Crippen molar-refractivity contribution in [1.82, 2.24) is 4.90 Å². The highest BCUT2D eigenvalue weighted by atomic mass is 32.2. The molecule has 1 heterocycles. The van der Waals surface area contributed by atoms with Crippen LogP contribution >= 0.6 is 11.8 Å². The first kappa shape index (κ1) is 14.0. The number of thioether (sulfide) groups is 1. The summed E-state index contributed by atoms with van der Waals surface area (Å²) in [5.41, 5.74) is -0.636. The normalized spacial score (nSPS) is 18.5. The molecule has 0 bridgehead atoms. The van der Waals surface area contributed by atoms with Gasteiger partial charge in [0.25, 0.3) is 5.24 Å². The van der Waals surface area contributed by atoms with E-state index in [2.05, 4.69) is 4.89 Å². The number of rotatable bonds is 3. The number of imide groups is 1. The molecule has 1 fully saturated rings. The summed E-state index contributed by atoms with van der Waals surface area (Å²) in [7, 11) is 0. The Morgan fingerprint density at radius 2 is 2.00 bits per heavy atom. The predicted molar refractivity (Wildman–Crippen MR) is 61.1 cm³/mol. The Morgan fingerprint density at radius 3 is 2.41 bits per heavy atom. The Balaban J connectivity index is 2.58. The number of hydrogen-bond acceptors (Lipinski definition) is 6. The SMILES string of the molecule is CC(C(=O)OOC(C)(C)C)N1C(=O)CSC1=O. The number of nitrogens with zero attached hydrogens (tertiary/aromatic N) is 1. The molecule has 0 spiro atoms. The van der Waals surface area contributed by atoms with Crippen LogP contribution in [0.25, 0.3) is 0 Å². The van der Waals surface area contributed by atoms with Gasteiger partial charge in [-0.1, -0.05) is 11.8 Å². The molecule has 17 heavy (non-hydrogen) atoms. The first-order valence-corrected chi connectivity index (χ1v) is 6.09. The summed E-state index contributed by atoms with van der Waals surface area (Å²) in [6.45, 7) is 6.57. The van der Waals surface area contributed by atoms with Gasteiger partial charge in [-0.05, 0) is 27.7 Å². The summed E-state index contributed by atoms with van der Waals surface area (Å²) in [6.07, 6.45) is 0. The molecular formula is C10H15NO5S. The van der Waals surface area contributed by atoms with Crippen LogP contribution in [0, 0.1) is 0 Å². The van der Waals surface area contributed by atoms with Gasteiger partial charge in [0.2, 0.25) is 5.91 Å². The van der Waals surface area contributed by atoms with Crippen LogP contribution in [0.1, 0.15) is 27.7 Å². The largest absolute Gasteiger partial charge is 0.364 e. The van der Waals surface area contributed by atoms with Gasteiger partial charge in [0.1, 0.15) is 11.6 Å². The molecule has 0 aliphatic carbocycles. The van der Waals surface area contributed by atoms with Gasteiger partial charge in [0.15, 0.2) is 0 Å². The number of carbonyl (C=O) groups is 3. The summed E-state index contributed by atoms with van der Waals surface area (Å²) in [5, 5.41) is -0.435. The molecule has 0 aromatic rings. The second-order valence-corrected chi connectivity index (χ2v) is 5.52. The van der Waals surface area contributed by atoms with Crippen LogP contribution in [0.3, 0.4) is 0 Å². The van der Waals surface area contributed by atoms with Gasteiger partial charge in [-0.15, -0.1) is 0 Å². The van der Waals surface area contributed by atoms with E-state index in [0.29, 0.717) is 0 Å². The van der Waals surface area contributed by atoms with Crippen molar-refractivity contribution in [3.05, 3.63) is 0 Å². The summed E-state index contributed by atoms with van der Waals surface area (Å²) in [5.74, 6) is -1.08. The zero-order valence-electron chi connectivity index (χ0n) is 10.2. The topological polar surface area (TPSA) is 72.9 Å². The molecule has 0 radical (unpaired) electrons. The van der Waals surface area contributed by atoms with Crippen molar-refractivity contribution >= 4 is 28.9 Å². The smallest absolute Gasteiger partial charge is 0.295 e. The fourth-order valence-corrected chi connectivity index (χ4v) is 1.86. The first-order chi connectivity index (χ1) is 7.72. The van der Waals surface area contributed by atoms with Crippen molar-refractivity contribution < 1.29 is 24.2 Å². The molecule has 2 amide bonds. The zero-order chi connectivity index (χ0) is 13.2. The zero-order valence-corrected chi connectivity index (χ0v) is 11.0. The molecule has 7 heteroatoms. The van der Waals surface area contributed by atoms with Gasteiger partial charge in [-0.3, -0.25) is 19.4 Å². The van der Waals surface area contributed by atoms with E-state index in [9.17, 15) is 14.4 Å². The van der Waals surface area contributed by atoms with Crippen molar-refractivity contribution in [2.75, 3.05) is 5.75 Å². The molecule has 6 nitrogen and oxygen atoms in total. The van der Waals surface area contributed by atoms with Gasteiger partial charge in [0, 0.05) is 0 Å². The van der Waals surface area contributed by atoms with E-state index >= 15 is 0 Å². The lowest BCUT2D eigenvalue weighted by molar-refractivity contribution is -0.322. The molecule has 0 saturated carbocycles. The van der Waals surface area contributed by atoms with E-state index in [-0.39, 0.29) is 11.7 Å². The average Bonchev–Trinajstić information content (AvgIpc) is 2.53. The van der Waals surface area contributed by atoms with Crippen molar-refractivity contribution in [3.63, 3.8) is 0 Å². The number of amides is 2. The minimum absolute atomic E-state index is 0.0661. The third kappa shape index (κ3) is 3.71. The van der Waals surface area contributed by atoms with Crippen LogP contribution < -0.4 is 0 Å². The number of carbonyl (C=O) groups excluding carboxylic acids is 3. The molecular weight excluding hydrogens is 246 g/mol. The third-order valence-corrected chi connectivity index (χ3v) is 2.72. The minimum atomic E-state index is -0.965. The molecule has 96 valence electrons. The molecule has 1 aliphatic heterocycles. The van der Waals surface area contributed by atoms with Gasteiger partial charge in [0.05, 0.1) is 5.75 Å². The van der Waals surface area contributed by atoms with Crippen molar-refractivity contribution in [1.29, 1.82) is 0 Å². The van der Waals surface area contributed by atoms with Crippen molar-refractivity contribution in [2.24, 2.45) is 0 Å². The van der Waals surface area contributed by atoms with Gasteiger partial charge < -0.3 is 0 Å². The van der Waals surface area contributed by atoms with Gasteiger partial charge in [-0.2, -0.15) is 4.89 Å². The Morgan fingerprint density at radius 1 is 1.41 bits per heavy atom. The Hall–Kier alpha value is -1.08. The summed E-state index contributed by atoms with van der Waals surface area (Å²) in [4.78, 5) is 44.6. The minimum Gasteiger partial charge on any atom is -0.295 e. The Bertz CT molecular complexity index is 333. The van der Waals surface area contributed by atoms with Crippen LogP contribution in [-0.4, -0.2) is 39.4 Å². The fourth-order valence-electron chi connectivity index (χ4n) is 1.08. The second kappa shape index (κ2) is 5.05. The highest BCUT2D eigenvalue weighted by molar-refractivity contribution is 8.14. The predicted octanol–water partition coefficient (Wildman–Crippen LogP) is 1.34. The Kier molecular flexibility index (Phi) is 4.16. The van der Waals surface area contributed by atoms with E-state index in [1.54, 1.807) is 20.8 Å². The van der Waals surface area contributed by atoms with Crippen LogP contribution in [0.5, 0.6) is 0 Å². The van der Waals surface area contributed by atoms with E-state index < -0.39 is 22.9 Å². The molecule has 0 aromatic heterocycles. The highest BCUT2D eigenvalue weighted by Gasteiger charge is 2.38. The molecule has 0 N–H and O–H groups in total. The first-order valence-electron chi connectivity index (χ1n) is 5.11. The van der Waals surface area contributed by atoms with Crippen molar-refractivity contribution in [2.45, 2.75) is 39.3 Å². The fraction of sp³-hybridized carbons (Fsp3) is 0.700. The summed E-state index contributed by atoms with van der Waals surface area (Å²) >= 11 is 0.872. The van der Waals surface area contributed by atoms with Crippen LogP contribution in [-0.2, 0) is 19.4 Å². The molecule has 1 unspecified atom stereocenters.